The maximum Gasteiger partial charge on any atom is 0.191 e. The van der Waals surface area contributed by atoms with Crippen molar-refractivity contribution in [3.63, 3.8) is 0 Å². The number of likely N-dealkylation sites (N-methyl/N-ethyl adjacent to an activating group) is 1. The van der Waals surface area contributed by atoms with Crippen LogP contribution in [0.15, 0.2) is 64.5 Å². The van der Waals surface area contributed by atoms with Crippen LogP contribution in [0.25, 0.3) is 0 Å². The van der Waals surface area contributed by atoms with Crippen molar-refractivity contribution in [1.29, 1.82) is 0 Å². The zero-order valence-corrected chi connectivity index (χ0v) is 17.3. The molecule has 6 heteroatoms. The molecule has 0 aromatic heterocycles. The van der Waals surface area contributed by atoms with Gasteiger partial charge in [0, 0.05) is 42.9 Å². The molecule has 5 nitrogen and oxygen atoms in total. The molecule has 0 bridgehead atoms. The van der Waals surface area contributed by atoms with Crippen molar-refractivity contribution in [3.8, 4) is 5.75 Å². The average molecular weight is 387 g/mol. The second-order valence-electron chi connectivity index (χ2n) is 6.27. The fourth-order valence-corrected chi connectivity index (χ4v) is 3.17. The highest BCUT2D eigenvalue weighted by Gasteiger charge is 2.05. The number of rotatable bonds is 10. The van der Waals surface area contributed by atoms with E-state index in [1.165, 1.54) is 4.90 Å². The molecule has 0 amide bonds. The predicted octanol–water partition coefficient (Wildman–Crippen LogP) is 3.08. The highest BCUT2D eigenvalue weighted by Crippen LogP contribution is 2.18. The van der Waals surface area contributed by atoms with Gasteiger partial charge in [0.2, 0.25) is 0 Å². The number of nitrogens with one attached hydrogen (secondary N) is 2. The van der Waals surface area contributed by atoms with E-state index in [4.69, 9.17) is 4.74 Å². The van der Waals surface area contributed by atoms with E-state index >= 15 is 0 Å². The van der Waals surface area contributed by atoms with Gasteiger partial charge in [0.05, 0.1) is 0 Å². The van der Waals surface area contributed by atoms with Crippen LogP contribution in [-0.2, 0) is 6.54 Å². The lowest BCUT2D eigenvalue weighted by Crippen LogP contribution is -2.38. The molecule has 2 N–H and O–H groups in total. The van der Waals surface area contributed by atoms with Gasteiger partial charge >= 0.3 is 0 Å². The third-order valence-corrected chi connectivity index (χ3v) is 4.86. The van der Waals surface area contributed by atoms with E-state index < -0.39 is 0 Å². The van der Waals surface area contributed by atoms with E-state index in [9.17, 15) is 0 Å². The summed E-state index contributed by atoms with van der Waals surface area (Å²) in [6.45, 7) is 3.08. The first kappa shape index (κ1) is 21.1. The summed E-state index contributed by atoms with van der Waals surface area (Å²) in [5.74, 6) is 2.70. The topological polar surface area (TPSA) is 48.9 Å². The number of thioether (sulfide) groups is 1. The van der Waals surface area contributed by atoms with Crippen molar-refractivity contribution < 1.29 is 4.74 Å². The number of ether oxygens (including phenoxy) is 1. The Labute approximate surface area is 167 Å². The first-order valence-electron chi connectivity index (χ1n) is 9.17. The van der Waals surface area contributed by atoms with Gasteiger partial charge < -0.3 is 20.3 Å². The Kier molecular flexibility index (Phi) is 9.58. The summed E-state index contributed by atoms with van der Waals surface area (Å²) in [6, 6.07) is 18.6. The first-order valence-corrected chi connectivity index (χ1v) is 10.2. The number of para-hydroxylation sites is 1. The van der Waals surface area contributed by atoms with Crippen LogP contribution >= 0.6 is 11.8 Å². The smallest absolute Gasteiger partial charge is 0.191 e. The average Bonchev–Trinajstić information content (AvgIpc) is 2.69. The van der Waals surface area contributed by atoms with E-state index in [1.807, 2.05) is 50.1 Å². The minimum Gasteiger partial charge on any atom is -0.492 e. The summed E-state index contributed by atoms with van der Waals surface area (Å²) in [5.41, 5.74) is 1.12. The van der Waals surface area contributed by atoms with Gasteiger partial charge in [-0.3, -0.25) is 4.99 Å². The van der Waals surface area contributed by atoms with Gasteiger partial charge in [-0.1, -0.05) is 36.4 Å². The molecule has 146 valence electrons. The van der Waals surface area contributed by atoms with Gasteiger partial charge in [0.15, 0.2) is 5.96 Å². The zero-order valence-electron chi connectivity index (χ0n) is 16.4. The summed E-state index contributed by atoms with van der Waals surface area (Å²) in [4.78, 5) is 7.69. The molecule has 0 aliphatic rings. The van der Waals surface area contributed by atoms with E-state index in [0.29, 0.717) is 13.2 Å². The molecule has 0 spiro atoms. The molecule has 0 fully saturated rings. The number of hydrogen-bond donors (Lipinski definition) is 2. The molecule has 0 unspecified atom stereocenters. The third-order valence-electron chi connectivity index (χ3n) is 3.85. The molecule has 0 heterocycles. The lowest BCUT2D eigenvalue weighted by atomic mass is 10.2. The quantitative estimate of drug-likeness (QED) is 0.284. The largest absolute Gasteiger partial charge is 0.492 e. The molecular formula is C21H30N4OS. The summed E-state index contributed by atoms with van der Waals surface area (Å²) in [7, 11) is 5.88. The monoisotopic (exact) mass is 386 g/mol. The molecule has 0 atom stereocenters. The van der Waals surface area contributed by atoms with Crippen molar-refractivity contribution in [2.45, 2.75) is 11.4 Å². The van der Waals surface area contributed by atoms with E-state index in [1.54, 1.807) is 7.05 Å². The second kappa shape index (κ2) is 12.3. The Morgan fingerprint density at radius 3 is 2.52 bits per heavy atom. The zero-order chi connectivity index (χ0) is 19.3. The molecule has 0 aliphatic carbocycles. The standard InChI is InChI=1S/C21H30N4OS/c1-22-21(23-13-16-27-19-10-5-4-6-11-19)24-17-18-9-7-8-12-20(18)26-15-14-25(2)3/h4-12H,13-17H2,1-3H3,(H2,22,23,24). The van der Waals surface area contributed by atoms with Crippen LogP contribution in [0.1, 0.15) is 5.56 Å². The Bertz CT molecular complexity index is 692. The normalized spacial score (nSPS) is 11.5. The van der Waals surface area contributed by atoms with Crippen LogP contribution < -0.4 is 15.4 Å². The predicted molar refractivity (Wildman–Crippen MR) is 116 cm³/mol. The number of aliphatic imine (C=N–C) groups is 1. The Morgan fingerprint density at radius 2 is 1.78 bits per heavy atom. The highest BCUT2D eigenvalue weighted by molar-refractivity contribution is 7.99. The van der Waals surface area contributed by atoms with Crippen molar-refractivity contribution >= 4 is 17.7 Å². The molecule has 27 heavy (non-hydrogen) atoms. The Morgan fingerprint density at radius 1 is 1.04 bits per heavy atom. The molecular weight excluding hydrogens is 356 g/mol. The maximum atomic E-state index is 5.92. The van der Waals surface area contributed by atoms with Crippen LogP contribution in [-0.4, -0.2) is 57.5 Å². The highest BCUT2D eigenvalue weighted by atomic mass is 32.2. The molecule has 2 aromatic rings. The van der Waals surface area contributed by atoms with E-state index in [-0.39, 0.29) is 0 Å². The maximum absolute atomic E-state index is 5.92. The molecule has 0 radical (unpaired) electrons. The fourth-order valence-electron chi connectivity index (χ4n) is 2.38. The Balaban J connectivity index is 1.75. The molecule has 0 saturated heterocycles. The fraction of sp³-hybridized carbons (Fsp3) is 0.381. The lowest BCUT2D eigenvalue weighted by Gasteiger charge is -2.16. The van der Waals surface area contributed by atoms with Crippen LogP contribution in [0.2, 0.25) is 0 Å². The van der Waals surface area contributed by atoms with Crippen LogP contribution in [0, 0.1) is 0 Å². The first-order chi connectivity index (χ1) is 13.2. The van der Waals surface area contributed by atoms with Gasteiger partial charge in [-0.15, -0.1) is 11.8 Å². The number of benzene rings is 2. The van der Waals surface area contributed by atoms with Crippen LogP contribution in [0.4, 0.5) is 0 Å². The minimum absolute atomic E-state index is 0.670. The van der Waals surface area contributed by atoms with Crippen LogP contribution in [0.5, 0.6) is 5.75 Å². The van der Waals surface area contributed by atoms with Gasteiger partial charge in [0.25, 0.3) is 0 Å². The number of nitrogens with zero attached hydrogens (tertiary/aromatic N) is 2. The second-order valence-corrected chi connectivity index (χ2v) is 7.44. The van der Waals surface area contributed by atoms with Crippen molar-refractivity contribution in [1.82, 2.24) is 15.5 Å². The van der Waals surface area contributed by atoms with Crippen molar-refractivity contribution in [3.05, 3.63) is 60.2 Å². The molecule has 0 saturated carbocycles. The molecule has 2 aromatic carbocycles. The lowest BCUT2D eigenvalue weighted by molar-refractivity contribution is 0.259. The summed E-state index contributed by atoms with van der Waals surface area (Å²) >= 11 is 1.83. The van der Waals surface area contributed by atoms with Crippen LogP contribution in [0.3, 0.4) is 0 Å². The van der Waals surface area contributed by atoms with Gasteiger partial charge in [0.1, 0.15) is 12.4 Å². The molecule has 2 rings (SSSR count). The van der Waals surface area contributed by atoms with Crippen molar-refractivity contribution in [2.24, 2.45) is 4.99 Å². The van der Waals surface area contributed by atoms with E-state index in [2.05, 4.69) is 50.9 Å². The SMILES string of the molecule is CN=C(NCCSc1ccccc1)NCc1ccccc1OCCN(C)C. The summed E-state index contributed by atoms with van der Waals surface area (Å²) in [5, 5.41) is 6.72. The number of guanidine groups is 1. The van der Waals surface area contributed by atoms with Gasteiger partial charge in [-0.05, 0) is 32.3 Å². The summed E-state index contributed by atoms with van der Waals surface area (Å²) in [6.07, 6.45) is 0. The number of hydrogen-bond acceptors (Lipinski definition) is 4. The van der Waals surface area contributed by atoms with Gasteiger partial charge in [-0.25, -0.2) is 0 Å². The van der Waals surface area contributed by atoms with E-state index in [0.717, 1.165) is 36.1 Å². The van der Waals surface area contributed by atoms with Crippen molar-refractivity contribution in [2.75, 3.05) is 46.6 Å². The van der Waals surface area contributed by atoms with Gasteiger partial charge in [-0.2, -0.15) is 0 Å². The third kappa shape index (κ3) is 8.37. The summed E-state index contributed by atoms with van der Waals surface area (Å²) < 4.78 is 5.92. The molecule has 0 aliphatic heterocycles. The minimum atomic E-state index is 0.670. The Hall–Kier alpha value is -2.18.